The molecule has 0 aliphatic rings. The van der Waals surface area contributed by atoms with Crippen LogP contribution in [0.15, 0.2) is 24.3 Å². The zero-order chi connectivity index (χ0) is 9.97. The third-order valence-electron chi connectivity index (χ3n) is 2.01. The Hall–Kier alpha value is -0.680. The Morgan fingerprint density at radius 3 is 2.80 bits per heavy atom. The molecule has 5 heteroatoms. The number of aromatic nitrogens is 1. The number of nitrogens with two attached hydrogens (primary N) is 1. The highest BCUT2D eigenvalue weighted by Crippen LogP contribution is 2.21. The van der Waals surface area contributed by atoms with E-state index < -0.39 is 0 Å². The molecule has 0 bridgehead atoms. The maximum Gasteiger partial charge on any atom is 0.0954 e. The number of aliphatic hydroxyl groups excluding tert-OH is 1. The smallest absolute Gasteiger partial charge is 0.0954 e. The second-order valence-electron chi connectivity index (χ2n) is 3.22. The van der Waals surface area contributed by atoms with Gasteiger partial charge in [-0.1, -0.05) is 12.1 Å². The summed E-state index contributed by atoms with van der Waals surface area (Å²) in [4.78, 5) is 4.43. The Bertz CT molecular complexity index is 399. The van der Waals surface area contributed by atoms with Crippen molar-refractivity contribution in [2.24, 2.45) is 5.73 Å². The van der Waals surface area contributed by atoms with Gasteiger partial charge in [0, 0.05) is 12.5 Å². The lowest BCUT2D eigenvalue weighted by atomic mass is 10.2. The van der Waals surface area contributed by atoms with Gasteiger partial charge in [-0.2, -0.15) is 0 Å². The number of hydrogen-bond acceptors (Lipinski definition) is 4. The van der Waals surface area contributed by atoms with Crippen molar-refractivity contribution < 1.29 is 5.11 Å². The van der Waals surface area contributed by atoms with E-state index >= 15 is 0 Å². The molecule has 1 aromatic carbocycles. The molecule has 0 aliphatic heterocycles. The van der Waals surface area contributed by atoms with Gasteiger partial charge < -0.3 is 10.8 Å². The van der Waals surface area contributed by atoms with Gasteiger partial charge >= 0.3 is 0 Å². The predicted octanol–water partition coefficient (Wildman–Crippen LogP) is 1.58. The van der Waals surface area contributed by atoms with Crippen LogP contribution in [0.4, 0.5) is 0 Å². The van der Waals surface area contributed by atoms with E-state index in [9.17, 15) is 0 Å². The molecule has 1 aromatic heterocycles. The van der Waals surface area contributed by atoms with Gasteiger partial charge in [-0.15, -0.1) is 23.7 Å². The van der Waals surface area contributed by atoms with Gasteiger partial charge in [0.2, 0.25) is 0 Å². The summed E-state index contributed by atoms with van der Waals surface area (Å²) in [6, 6.07) is 7.80. The lowest BCUT2D eigenvalue weighted by Gasteiger charge is -2.03. The Labute approximate surface area is 98.4 Å². The first-order chi connectivity index (χ1) is 6.79. The zero-order valence-electron chi connectivity index (χ0n) is 8.09. The highest BCUT2D eigenvalue weighted by Gasteiger charge is 2.07. The highest BCUT2D eigenvalue weighted by molar-refractivity contribution is 7.18. The number of hydrogen-bond donors (Lipinski definition) is 2. The van der Waals surface area contributed by atoms with Crippen LogP contribution in [-0.2, 0) is 6.42 Å². The van der Waals surface area contributed by atoms with E-state index in [2.05, 4.69) is 4.98 Å². The fourth-order valence-electron chi connectivity index (χ4n) is 1.30. The van der Waals surface area contributed by atoms with Gasteiger partial charge in [0.1, 0.15) is 0 Å². The van der Waals surface area contributed by atoms with Crippen molar-refractivity contribution in [2.45, 2.75) is 12.5 Å². The van der Waals surface area contributed by atoms with Crippen molar-refractivity contribution in [1.82, 2.24) is 4.98 Å². The SMILES string of the molecule is Cl.NC(CO)Cc1nc2ccccc2s1. The fourth-order valence-corrected chi connectivity index (χ4v) is 2.36. The van der Waals surface area contributed by atoms with E-state index in [-0.39, 0.29) is 25.1 Å². The lowest BCUT2D eigenvalue weighted by molar-refractivity contribution is 0.265. The van der Waals surface area contributed by atoms with Crippen LogP contribution in [0.2, 0.25) is 0 Å². The van der Waals surface area contributed by atoms with Crippen molar-refractivity contribution >= 4 is 34.0 Å². The summed E-state index contributed by atoms with van der Waals surface area (Å²) in [7, 11) is 0. The molecule has 15 heavy (non-hydrogen) atoms. The standard InChI is InChI=1S/C10H12N2OS.ClH/c11-7(6-13)5-10-12-8-3-1-2-4-9(8)14-10;/h1-4,7,13H,5-6,11H2;1H. The maximum absolute atomic E-state index is 8.82. The van der Waals surface area contributed by atoms with E-state index in [1.54, 1.807) is 11.3 Å². The predicted molar refractivity (Wildman–Crippen MR) is 65.6 cm³/mol. The molecule has 0 saturated heterocycles. The van der Waals surface area contributed by atoms with Gasteiger partial charge in [0.05, 0.1) is 21.8 Å². The minimum absolute atomic E-state index is 0. The molecule has 0 amide bonds. The van der Waals surface area contributed by atoms with Crippen molar-refractivity contribution in [2.75, 3.05) is 6.61 Å². The second-order valence-corrected chi connectivity index (χ2v) is 4.34. The Balaban J connectivity index is 0.00000112. The van der Waals surface area contributed by atoms with E-state index in [1.807, 2.05) is 24.3 Å². The monoisotopic (exact) mass is 244 g/mol. The molecule has 0 radical (unpaired) electrons. The normalized spacial score (nSPS) is 12.4. The second kappa shape index (κ2) is 5.42. The van der Waals surface area contributed by atoms with Crippen LogP contribution in [0.3, 0.4) is 0 Å². The third kappa shape index (κ3) is 2.89. The average molecular weight is 245 g/mol. The molecule has 1 atom stereocenters. The molecular weight excluding hydrogens is 232 g/mol. The number of aliphatic hydroxyl groups is 1. The zero-order valence-corrected chi connectivity index (χ0v) is 9.72. The Kier molecular flexibility index (Phi) is 4.47. The molecule has 3 N–H and O–H groups in total. The molecule has 0 saturated carbocycles. The van der Waals surface area contributed by atoms with Gasteiger partial charge in [-0.3, -0.25) is 0 Å². The van der Waals surface area contributed by atoms with Crippen molar-refractivity contribution in [3.63, 3.8) is 0 Å². The summed E-state index contributed by atoms with van der Waals surface area (Å²) in [5.74, 6) is 0. The molecule has 82 valence electrons. The summed E-state index contributed by atoms with van der Waals surface area (Å²) >= 11 is 1.64. The molecule has 0 spiro atoms. The Morgan fingerprint density at radius 2 is 2.13 bits per heavy atom. The number of rotatable bonds is 3. The molecule has 3 nitrogen and oxygen atoms in total. The maximum atomic E-state index is 8.82. The van der Waals surface area contributed by atoms with E-state index in [4.69, 9.17) is 10.8 Å². The third-order valence-corrected chi connectivity index (χ3v) is 3.07. The van der Waals surface area contributed by atoms with Crippen LogP contribution < -0.4 is 5.73 Å². The van der Waals surface area contributed by atoms with Gasteiger partial charge in [-0.25, -0.2) is 4.98 Å². The summed E-state index contributed by atoms with van der Waals surface area (Å²) in [6.45, 7) is 0.00985. The van der Waals surface area contributed by atoms with Crippen LogP contribution >= 0.6 is 23.7 Å². The molecule has 2 rings (SSSR count). The van der Waals surface area contributed by atoms with E-state index in [1.165, 1.54) is 4.70 Å². The largest absolute Gasteiger partial charge is 0.395 e. The first-order valence-electron chi connectivity index (χ1n) is 4.50. The molecule has 0 fully saturated rings. The quantitative estimate of drug-likeness (QED) is 0.862. The highest BCUT2D eigenvalue weighted by atomic mass is 35.5. The number of para-hydroxylation sites is 1. The topological polar surface area (TPSA) is 59.1 Å². The number of thiazole rings is 1. The number of halogens is 1. The average Bonchev–Trinajstić information content (AvgIpc) is 2.59. The van der Waals surface area contributed by atoms with Gasteiger partial charge in [0.15, 0.2) is 0 Å². The number of fused-ring (bicyclic) bond motifs is 1. The first kappa shape index (κ1) is 12.4. The van der Waals surface area contributed by atoms with E-state index in [0.717, 1.165) is 10.5 Å². The molecule has 2 aromatic rings. The van der Waals surface area contributed by atoms with Crippen molar-refractivity contribution in [3.8, 4) is 0 Å². The summed E-state index contributed by atoms with van der Waals surface area (Å²) in [5, 5.41) is 9.82. The summed E-state index contributed by atoms with van der Waals surface area (Å²) in [6.07, 6.45) is 0.649. The summed E-state index contributed by atoms with van der Waals surface area (Å²) in [5.41, 5.74) is 6.66. The fraction of sp³-hybridized carbons (Fsp3) is 0.300. The van der Waals surface area contributed by atoms with Gasteiger partial charge in [0.25, 0.3) is 0 Å². The number of benzene rings is 1. The molecule has 1 heterocycles. The first-order valence-corrected chi connectivity index (χ1v) is 5.32. The van der Waals surface area contributed by atoms with E-state index in [0.29, 0.717) is 6.42 Å². The van der Waals surface area contributed by atoms with Crippen LogP contribution in [-0.4, -0.2) is 22.7 Å². The van der Waals surface area contributed by atoms with Gasteiger partial charge in [-0.05, 0) is 12.1 Å². The minimum Gasteiger partial charge on any atom is -0.395 e. The van der Waals surface area contributed by atoms with Crippen LogP contribution in [0.5, 0.6) is 0 Å². The number of nitrogens with zero attached hydrogens (tertiary/aromatic N) is 1. The lowest BCUT2D eigenvalue weighted by Crippen LogP contribution is -2.26. The minimum atomic E-state index is -0.199. The van der Waals surface area contributed by atoms with Crippen molar-refractivity contribution in [1.29, 1.82) is 0 Å². The molecule has 0 aliphatic carbocycles. The molecular formula is C10H13ClN2OS. The van der Waals surface area contributed by atoms with Crippen molar-refractivity contribution in [3.05, 3.63) is 29.3 Å². The summed E-state index contributed by atoms with van der Waals surface area (Å²) < 4.78 is 1.17. The molecule has 1 unspecified atom stereocenters. The van der Waals surface area contributed by atoms with Crippen LogP contribution in [0, 0.1) is 0 Å². The van der Waals surface area contributed by atoms with Crippen LogP contribution in [0.1, 0.15) is 5.01 Å². The van der Waals surface area contributed by atoms with Crippen LogP contribution in [0.25, 0.3) is 10.2 Å². The Morgan fingerprint density at radius 1 is 1.40 bits per heavy atom.